The summed E-state index contributed by atoms with van der Waals surface area (Å²) >= 11 is 6.27. The molecule has 0 N–H and O–H groups in total. The van der Waals surface area contributed by atoms with E-state index in [-0.39, 0.29) is 24.4 Å². The molecule has 1 saturated carbocycles. The Morgan fingerprint density at radius 3 is 2.31 bits per heavy atom. The molecule has 180 valence electrons. The average molecular weight is 490 g/mol. The molecule has 2 heterocycles. The van der Waals surface area contributed by atoms with Crippen molar-refractivity contribution < 1.29 is 9.59 Å². The van der Waals surface area contributed by atoms with Crippen LogP contribution in [0.4, 0.5) is 5.82 Å². The van der Waals surface area contributed by atoms with E-state index in [2.05, 4.69) is 15.1 Å². The van der Waals surface area contributed by atoms with Gasteiger partial charge in [-0.1, -0.05) is 48.0 Å². The van der Waals surface area contributed by atoms with Gasteiger partial charge in [-0.05, 0) is 49.6 Å². The van der Waals surface area contributed by atoms with E-state index in [4.69, 9.17) is 11.6 Å². The maximum Gasteiger partial charge on any atom is 0.254 e. The second-order valence-electron chi connectivity index (χ2n) is 9.10. The predicted octanol–water partition coefficient (Wildman–Crippen LogP) is 4.06. The summed E-state index contributed by atoms with van der Waals surface area (Å²) in [5, 5.41) is 9.40. The maximum absolute atomic E-state index is 13.2. The molecule has 8 heteroatoms. The van der Waals surface area contributed by atoms with Crippen LogP contribution in [-0.4, -0.2) is 70.6 Å². The number of rotatable bonds is 6. The zero-order chi connectivity index (χ0) is 24.4. The fourth-order valence-corrected chi connectivity index (χ4v) is 4.69. The molecule has 0 radical (unpaired) electrons. The molecule has 1 saturated heterocycles. The standard InChI is InChI=1S/C27H28ClN5O2/c1-19-6-2-3-7-21(19)27(35)33(20-10-11-20)18-26(34)32-16-14-31(15-17-32)25-13-12-24(29-30-25)22-8-4-5-9-23(22)28/h2-9,12-13,20H,10-11,14-18H2,1H3. The molecule has 5 rings (SSSR count). The monoisotopic (exact) mass is 489 g/mol. The van der Waals surface area contributed by atoms with E-state index in [0.717, 1.165) is 35.5 Å². The largest absolute Gasteiger partial charge is 0.352 e. The van der Waals surface area contributed by atoms with E-state index < -0.39 is 0 Å². The van der Waals surface area contributed by atoms with Crippen LogP contribution in [0.2, 0.25) is 5.02 Å². The number of carbonyl (C=O) groups is 2. The molecule has 0 unspecified atom stereocenters. The number of halogens is 1. The summed E-state index contributed by atoms with van der Waals surface area (Å²) in [6, 6.07) is 19.2. The van der Waals surface area contributed by atoms with Crippen LogP contribution in [-0.2, 0) is 4.79 Å². The molecule has 0 atom stereocenters. The molecular weight excluding hydrogens is 462 g/mol. The zero-order valence-electron chi connectivity index (χ0n) is 19.7. The van der Waals surface area contributed by atoms with Crippen molar-refractivity contribution in [1.82, 2.24) is 20.0 Å². The normalized spacial score (nSPS) is 15.7. The number of aromatic nitrogens is 2. The van der Waals surface area contributed by atoms with Crippen molar-refractivity contribution in [2.24, 2.45) is 0 Å². The summed E-state index contributed by atoms with van der Waals surface area (Å²) in [5.74, 6) is 0.729. The van der Waals surface area contributed by atoms with Crippen molar-refractivity contribution in [3.05, 3.63) is 76.8 Å². The van der Waals surface area contributed by atoms with Crippen molar-refractivity contribution >= 4 is 29.2 Å². The number of anilines is 1. The average Bonchev–Trinajstić information content (AvgIpc) is 3.73. The van der Waals surface area contributed by atoms with Gasteiger partial charge in [0.15, 0.2) is 5.82 Å². The van der Waals surface area contributed by atoms with Crippen molar-refractivity contribution in [2.45, 2.75) is 25.8 Å². The number of hydrogen-bond acceptors (Lipinski definition) is 5. The fourth-order valence-electron chi connectivity index (χ4n) is 4.46. The number of amides is 2. The minimum Gasteiger partial charge on any atom is -0.352 e. The number of hydrogen-bond donors (Lipinski definition) is 0. The first-order chi connectivity index (χ1) is 17.0. The van der Waals surface area contributed by atoms with Crippen LogP contribution in [0, 0.1) is 6.92 Å². The number of aryl methyl sites for hydroxylation is 1. The summed E-state index contributed by atoms with van der Waals surface area (Å²) in [4.78, 5) is 32.0. The van der Waals surface area contributed by atoms with Crippen LogP contribution in [0.5, 0.6) is 0 Å². The van der Waals surface area contributed by atoms with Crippen molar-refractivity contribution in [3.63, 3.8) is 0 Å². The topological polar surface area (TPSA) is 69.6 Å². The van der Waals surface area contributed by atoms with E-state index in [1.807, 2.05) is 72.5 Å². The Hall–Kier alpha value is -3.45. The lowest BCUT2D eigenvalue weighted by atomic mass is 10.1. The van der Waals surface area contributed by atoms with E-state index in [1.54, 1.807) is 4.90 Å². The Kier molecular flexibility index (Phi) is 6.68. The number of nitrogens with zero attached hydrogens (tertiary/aromatic N) is 5. The summed E-state index contributed by atoms with van der Waals surface area (Å²) in [6.07, 6.45) is 1.92. The van der Waals surface area contributed by atoms with Gasteiger partial charge in [0.1, 0.15) is 6.54 Å². The molecule has 35 heavy (non-hydrogen) atoms. The summed E-state index contributed by atoms with van der Waals surface area (Å²) < 4.78 is 0. The molecule has 2 fully saturated rings. The number of piperazine rings is 1. The predicted molar refractivity (Wildman–Crippen MR) is 137 cm³/mol. The molecule has 2 aliphatic rings. The van der Waals surface area contributed by atoms with Gasteiger partial charge in [-0.3, -0.25) is 9.59 Å². The van der Waals surface area contributed by atoms with E-state index in [9.17, 15) is 9.59 Å². The first-order valence-electron chi connectivity index (χ1n) is 12.0. The molecule has 1 aliphatic heterocycles. The van der Waals surface area contributed by atoms with Crippen LogP contribution in [0.3, 0.4) is 0 Å². The summed E-state index contributed by atoms with van der Waals surface area (Å²) in [6.45, 7) is 4.57. The Balaban J connectivity index is 1.19. The van der Waals surface area contributed by atoms with Gasteiger partial charge in [0.05, 0.1) is 10.7 Å². The van der Waals surface area contributed by atoms with Gasteiger partial charge in [0.2, 0.25) is 5.91 Å². The fraction of sp³-hybridized carbons (Fsp3) is 0.333. The Labute approximate surface area is 210 Å². The second-order valence-corrected chi connectivity index (χ2v) is 9.51. The van der Waals surface area contributed by atoms with Crippen LogP contribution in [0.15, 0.2) is 60.7 Å². The second kappa shape index (κ2) is 10.0. The van der Waals surface area contributed by atoms with Crippen LogP contribution >= 0.6 is 11.6 Å². The SMILES string of the molecule is Cc1ccccc1C(=O)N(CC(=O)N1CCN(c2ccc(-c3ccccc3Cl)nn2)CC1)C1CC1. The van der Waals surface area contributed by atoms with Gasteiger partial charge < -0.3 is 14.7 Å². The van der Waals surface area contributed by atoms with Crippen molar-refractivity contribution in [2.75, 3.05) is 37.6 Å². The number of benzene rings is 2. The van der Waals surface area contributed by atoms with Gasteiger partial charge in [-0.15, -0.1) is 10.2 Å². The minimum atomic E-state index is -0.0496. The highest BCUT2D eigenvalue weighted by atomic mass is 35.5. The third-order valence-corrected chi connectivity index (χ3v) is 7.02. The number of carbonyl (C=O) groups excluding carboxylic acids is 2. The third kappa shape index (κ3) is 5.15. The van der Waals surface area contributed by atoms with Crippen LogP contribution in [0.1, 0.15) is 28.8 Å². The molecule has 1 aliphatic carbocycles. The highest BCUT2D eigenvalue weighted by Gasteiger charge is 2.36. The summed E-state index contributed by atoms with van der Waals surface area (Å²) in [5.41, 5.74) is 3.19. The molecule has 3 aromatic rings. The Morgan fingerprint density at radius 1 is 0.943 bits per heavy atom. The van der Waals surface area contributed by atoms with Gasteiger partial charge >= 0.3 is 0 Å². The van der Waals surface area contributed by atoms with Gasteiger partial charge in [-0.25, -0.2) is 0 Å². The first-order valence-corrected chi connectivity index (χ1v) is 12.4. The van der Waals surface area contributed by atoms with E-state index in [0.29, 0.717) is 36.8 Å². The third-order valence-electron chi connectivity index (χ3n) is 6.69. The van der Waals surface area contributed by atoms with Crippen molar-refractivity contribution in [3.8, 4) is 11.3 Å². The van der Waals surface area contributed by atoms with Crippen LogP contribution in [0.25, 0.3) is 11.3 Å². The van der Waals surface area contributed by atoms with Gasteiger partial charge in [0.25, 0.3) is 5.91 Å². The van der Waals surface area contributed by atoms with Crippen molar-refractivity contribution in [1.29, 1.82) is 0 Å². The molecule has 2 amide bonds. The highest BCUT2D eigenvalue weighted by Crippen LogP contribution is 2.29. The Bertz CT molecular complexity index is 1220. The lowest BCUT2D eigenvalue weighted by Gasteiger charge is -2.36. The van der Waals surface area contributed by atoms with E-state index in [1.165, 1.54) is 0 Å². The molecule has 2 aromatic carbocycles. The molecule has 7 nitrogen and oxygen atoms in total. The lowest BCUT2D eigenvalue weighted by Crippen LogP contribution is -2.52. The van der Waals surface area contributed by atoms with Gasteiger partial charge in [-0.2, -0.15) is 0 Å². The maximum atomic E-state index is 13.2. The Morgan fingerprint density at radius 2 is 1.66 bits per heavy atom. The molecule has 1 aromatic heterocycles. The van der Waals surface area contributed by atoms with E-state index >= 15 is 0 Å². The van der Waals surface area contributed by atoms with Crippen LogP contribution < -0.4 is 4.90 Å². The highest BCUT2D eigenvalue weighted by molar-refractivity contribution is 6.33. The minimum absolute atomic E-state index is 0.00126. The molecule has 0 spiro atoms. The zero-order valence-corrected chi connectivity index (χ0v) is 20.5. The first kappa shape index (κ1) is 23.3. The molecule has 0 bridgehead atoms. The van der Waals surface area contributed by atoms with Gasteiger partial charge in [0, 0.05) is 43.3 Å². The lowest BCUT2D eigenvalue weighted by molar-refractivity contribution is -0.132. The molecular formula is C27H28ClN5O2. The quantitative estimate of drug-likeness (QED) is 0.522. The summed E-state index contributed by atoms with van der Waals surface area (Å²) in [7, 11) is 0. The smallest absolute Gasteiger partial charge is 0.254 e.